The van der Waals surface area contributed by atoms with E-state index < -0.39 is 12.7 Å². The van der Waals surface area contributed by atoms with Crippen molar-refractivity contribution in [3.05, 3.63) is 30.3 Å². The Hall–Kier alpha value is -1.23. The van der Waals surface area contributed by atoms with E-state index in [2.05, 4.69) is 17.1 Å². The summed E-state index contributed by atoms with van der Waals surface area (Å²) in [5.74, 6) is 0.453. The number of hydrogen-bond donors (Lipinski definition) is 1. The highest BCUT2D eigenvalue weighted by molar-refractivity contribution is 5.46. The Labute approximate surface area is 124 Å². The molecule has 0 aromatic heterocycles. The fourth-order valence-corrected chi connectivity index (χ4v) is 3.08. The van der Waals surface area contributed by atoms with E-state index in [1.54, 1.807) is 0 Å². The van der Waals surface area contributed by atoms with E-state index in [4.69, 9.17) is 0 Å². The molecule has 0 radical (unpaired) electrons. The van der Waals surface area contributed by atoms with E-state index in [1.807, 2.05) is 30.3 Å². The first-order valence-corrected chi connectivity index (χ1v) is 7.58. The van der Waals surface area contributed by atoms with Crippen molar-refractivity contribution >= 4 is 5.69 Å². The zero-order valence-corrected chi connectivity index (χ0v) is 12.4. The van der Waals surface area contributed by atoms with Crippen molar-refractivity contribution in [3.8, 4) is 0 Å². The molecule has 0 bridgehead atoms. The molecule has 1 heterocycles. The smallest absolute Gasteiger partial charge is 0.370 e. The van der Waals surface area contributed by atoms with Gasteiger partial charge in [-0.1, -0.05) is 31.5 Å². The van der Waals surface area contributed by atoms with Gasteiger partial charge >= 0.3 is 6.18 Å². The largest absolute Gasteiger partial charge is 0.401 e. The summed E-state index contributed by atoms with van der Waals surface area (Å²) in [6, 6.07) is 9.84. The standard InChI is InChI=1S/C16H23F3N2/c1-2-6-13-9-14(20-12-16(17,18)19)11-21(10-13)15-7-4-3-5-8-15/h3-5,7-8,13-14,20H,2,6,9-12H2,1H3. The van der Waals surface area contributed by atoms with Crippen LogP contribution < -0.4 is 10.2 Å². The highest BCUT2D eigenvalue weighted by atomic mass is 19.4. The first kappa shape index (κ1) is 16.1. The third-order valence-corrected chi connectivity index (χ3v) is 3.95. The molecule has 21 heavy (non-hydrogen) atoms. The number of para-hydroxylation sites is 1. The molecule has 1 saturated heterocycles. The third-order valence-electron chi connectivity index (χ3n) is 3.95. The molecule has 1 aliphatic rings. The van der Waals surface area contributed by atoms with Crippen molar-refractivity contribution in [2.75, 3.05) is 24.5 Å². The molecule has 1 fully saturated rings. The molecule has 2 nitrogen and oxygen atoms in total. The minimum absolute atomic E-state index is 0.0999. The summed E-state index contributed by atoms with van der Waals surface area (Å²) in [5.41, 5.74) is 1.09. The summed E-state index contributed by atoms with van der Waals surface area (Å²) in [6.07, 6.45) is -1.19. The highest BCUT2D eigenvalue weighted by Gasteiger charge is 2.31. The number of hydrogen-bond acceptors (Lipinski definition) is 2. The molecule has 2 atom stereocenters. The number of nitrogens with one attached hydrogen (secondary N) is 1. The van der Waals surface area contributed by atoms with E-state index in [9.17, 15) is 13.2 Å². The SMILES string of the molecule is CCCC1CC(NCC(F)(F)F)CN(c2ccccc2)C1. The Morgan fingerprint density at radius 3 is 2.52 bits per heavy atom. The summed E-state index contributed by atoms with van der Waals surface area (Å²) in [5, 5.41) is 2.68. The van der Waals surface area contributed by atoms with Crippen LogP contribution in [0.25, 0.3) is 0 Å². The monoisotopic (exact) mass is 300 g/mol. The van der Waals surface area contributed by atoms with Gasteiger partial charge in [-0.05, 0) is 30.9 Å². The molecule has 0 aliphatic carbocycles. The second-order valence-electron chi connectivity index (χ2n) is 5.82. The molecule has 1 aliphatic heterocycles. The summed E-state index contributed by atoms with van der Waals surface area (Å²) in [7, 11) is 0. The number of nitrogens with zero attached hydrogens (tertiary/aromatic N) is 1. The van der Waals surface area contributed by atoms with Gasteiger partial charge < -0.3 is 10.2 Å². The van der Waals surface area contributed by atoms with Crippen LogP contribution in [0.1, 0.15) is 26.2 Å². The zero-order valence-electron chi connectivity index (χ0n) is 12.4. The van der Waals surface area contributed by atoms with E-state index in [0.717, 1.165) is 31.5 Å². The van der Waals surface area contributed by atoms with Crippen LogP contribution in [0.15, 0.2) is 30.3 Å². The van der Waals surface area contributed by atoms with Crippen LogP contribution in [0.5, 0.6) is 0 Å². The van der Waals surface area contributed by atoms with Crippen LogP contribution in [-0.4, -0.2) is 31.9 Å². The van der Waals surface area contributed by atoms with Gasteiger partial charge in [0.25, 0.3) is 0 Å². The van der Waals surface area contributed by atoms with Crippen molar-refractivity contribution in [3.63, 3.8) is 0 Å². The molecule has 0 amide bonds. The third kappa shape index (κ3) is 5.23. The molecular weight excluding hydrogens is 277 g/mol. The molecule has 5 heteroatoms. The van der Waals surface area contributed by atoms with Gasteiger partial charge in [-0.2, -0.15) is 13.2 Å². The van der Waals surface area contributed by atoms with Crippen molar-refractivity contribution in [2.45, 2.75) is 38.4 Å². The van der Waals surface area contributed by atoms with Gasteiger partial charge in [-0.25, -0.2) is 0 Å². The normalized spacial score (nSPS) is 23.3. The highest BCUT2D eigenvalue weighted by Crippen LogP contribution is 2.26. The second kappa shape index (κ2) is 7.16. The van der Waals surface area contributed by atoms with Gasteiger partial charge in [0.05, 0.1) is 6.54 Å². The van der Waals surface area contributed by atoms with Crippen LogP contribution in [0.3, 0.4) is 0 Å². The van der Waals surface area contributed by atoms with Crippen LogP contribution in [0, 0.1) is 5.92 Å². The summed E-state index contributed by atoms with van der Waals surface area (Å²) in [4.78, 5) is 2.21. The fraction of sp³-hybridized carbons (Fsp3) is 0.625. The second-order valence-corrected chi connectivity index (χ2v) is 5.82. The molecule has 1 N–H and O–H groups in total. The summed E-state index contributed by atoms with van der Waals surface area (Å²) >= 11 is 0. The number of anilines is 1. The van der Waals surface area contributed by atoms with Crippen molar-refractivity contribution in [2.24, 2.45) is 5.92 Å². The van der Waals surface area contributed by atoms with Gasteiger partial charge in [0.15, 0.2) is 0 Å². The molecule has 0 saturated carbocycles. The Kier molecular flexibility index (Phi) is 5.51. The maximum absolute atomic E-state index is 12.4. The van der Waals surface area contributed by atoms with Gasteiger partial charge in [0.1, 0.15) is 0 Å². The maximum Gasteiger partial charge on any atom is 0.401 e. The van der Waals surface area contributed by atoms with Crippen LogP contribution in [0.4, 0.5) is 18.9 Å². The minimum Gasteiger partial charge on any atom is -0.370 e. The van der Waals surface area contributed by atoms with Crippen molar-refractivity contribution in [1.29, 1.82) is 0 Å². The van der Waals surface area contributed by atoms with Crippen LogP contribution in [-0.2, 0) is 0 Å². The topological polar surface area (TPSA) is 15.3 Å². The molecule has 2 rings (SSSR count). The molecule has 2 unspecified atom stereocenters. The van der Waals surface area contributed by atoms with E-state index in [-0.39, 0.29) is 6.04 Å². The average Bonchev–Trinajstić information content (AvgIpc) is 2.46. The first-order valence-electron chi connectivity index (χ1n) is 7.58. The van der Waals surface area contributed by atoms with Crippen LogP contribution in [0.2, 0.25) is 0 Å². The minimum atomic E-state index is -4.14. The van der Waals surface area contributed by atoms with E-state index in [1.165, 1.54) is 0 Å². The average molecular weight is 300 g/mol. The van der Waals surface area contributed by atoms with Crippen LogP contribution >= 0.6 is 0 Å². The predicted molar refractivity (Wildman–Crippen MR) is 79.5 cm³/mol. The molecule has 0 spiro atoms. The summed E-state index contributed by atoms with van der Waals surface area (Å²) < 4.78 is 37.2. The lowest BCUT2D eigenvalue weighted by Crippen LogP contribution is -2.51. The Balaban J connectivity index is 2.01. The lowest BCUT2D eigenvalue weighted by atomic mass is 9.90. The van der Waals surface area contributed by atoms with Gasteiger partial charge in [0, 0.05) is 24.8 Å². The lowest BCUT2D eigenvalue weighted by molar-refractivity contribution is -0.126. The molecule has 1 aromatic rings. The number of benzene rings is 1. The van der Waals surface area contributed by atoms with E-state index >= 15 is 0 Å². The predicted octanol–water partition coefficient (Wildman–Crippen LogP) is 3.83. The van der Waals surface area contributed by atoms with Gasteiger partial charge in [-0.3, -0.25) is 0 Å². The molecule has 1 aromatic carbocycles. The summed E-state index contributed by atoms with van der Waals surface area (Å²) in [6.45, 7) is 2.79. The number of halogens is 3. The number of alkyl halides is 3. The molecular formula is C16H23F3N2. The fourth-order valence-electron chi connectivity index (χ4n) is 3.08. The Bertz CT molecular complexity index is 419. The number of piperidine rings is 1. The maximum atomic E-state index is 12.4. The van der Waals surface area contributed by atoms with Crippen molar-refractivity contribution in [1.82, 2.24) is 5.32 Å². The Morgan fingerprint density at radius 2 is 1.90 bits per heavy atom. The first-order chi connectivity index (χ1) is 9.98. The van der Waals surface area contributed by atoms with Gasteiger partial charge in [-0.15, -0.1) is 0 Å². The van der Waals surface area contributed by atoms with Gasteiger partial charge in [0.2, 0.25) is 0 Å². The zero-order chi connectivity index (χ0) is 15.3. The quantitative estimate of drug-likeness (QED) is 0.889. The Morgan fingerprint density at radius 1 is 1.19 bits per heavy atom. The van der Waals surface area contributed by atoms with E-state index in [0.29, 0.717) is 12.5 Å². The number of rotatable bonds is 5. The lowest BCUT2D eigenvalue weighted by Gasteiger charge is -2.39. The van der Waals surface area contributed by atoms with Crippen molar-refractivity contribution < 1.29 is 13.2 Å². The molecule has 118 valence electrons.